The van der Waals surface area contributed by atoms with Gasteiger partial charge in [0.25, 0.3) is 10.1 Å². The van der Waals surface area contributed by atoms with Crippen LogP contribution in [0.5, 0.6) is 0 Å². The van der Waals surface area contributed by atoms with Gasteiger partial charge in [0.1, 0.15) is 0 Å². The maximum absolute atomic E-state index is 10.4. The molecule has 0 atom stereocenters. The molecule has 0 aromatic heterocycles. The summed E-state index contributed by atoms with van der Waals surface area (Å²) >= 11 is 0. The third-order valence-electron chi connectivity index (χ3n) is 3.24. The fourth-order valence-electron chi connectivity index (χ4n) is 2.06. The maximum Gasteiger partial charge on any atom is 0.266 e. The third kappa shape index (κ3) is 21.2. The van der Waals surface area contributed by atoms with E-state index in [1.54, 1.807) is 0 Å². The average Bonchev–Trinajstić information content (AvgIpc) is 2.34. The molecule has 0 saturated heterocycles. The van der Waals surface area contributed by atoms with Crippen LogP contribution < -0.4 is 5.32 Å². The second-order valence-electron chi connectivity index (χ2n) is 5.22. The van der Waals surface area contributed by atoms with E-state index in [-0.39, 0.29) is 35.3 Å². The van der Waals surface area contributed by atoms with E-state index >= 15 is 0 Å². The molecule has 0 fully saturated rings. The van der Waals surface area contributed by atoms with Gasteiger partial charge in [0.15, 0.2) is 0 Å². The molecular formula is C14H31NNaO3S. The smallest absolute Gasteiger partial charge is 0.266 e. The zero-order chi connectivity index (χ0) is 14.4. The van der Waals surface area contributed by atoms with Gasteiger partial charge in [-0.15, -0.1) is 0 Å². The Kier molecular flexibility index (Phi) is 18.8. The molecule has 0 aliphatic rings. The molecule has 0 saturated carbocycles. The Morgan fingerprint density at radius 2 is 1.25 bits per heavy atom. The van der Waals surface area contributed by atoms with E-state index < -0.39 is 10.1 Å². The minimum Gasteiger partial charge on any atom is -0.316 e. The third-order valence-corrected chi connectivity index (χ3v) is 3.96. The summed E-state index contributed by atoms with van der Waals surface area (Å²) in [4.78, 5) is 0. The van der Waals surface area contributed by atoms with Crippen LogP contribution in [0.4, 0.5) is 0 Å². The molecular weight excluding hydrogens is 285 g/mol. The van der Waals surface area contributed by atoms with Crippen LogP contribution in [0.2, 0.25) is 0 Å². The van der Waals surface area contributed by atoms with Gasteiger partial charge in [-0.2, -0.15) is 8.42 Å². The van der Waals surface area contributed by atoms with Crippen LogP contribution in [0.25, 0.3) is 0 Å². The first-order valence-electron chi connectivity index (χ1n) is 7.72. The van der Waals surface area contributed by atoms with Crippen LogP contribution in [0.3, 0.4) is 0 Å². The second-order valence-corrected chi connectivity index (χ2v) is 6.79. The Morgan fingerprint density at radius 3 is 1.70 bits per heavy atom. The maximum atomic E-state index is 10.4. The Balaban J connectivity index is 0. The van der Waals surface area contributed by atoms with Gasteiger partial charge in [-0.25, -0.2) is 0 Å². The Bertz CT molecular complexity index is 284. The molecule has 0 aromatic carbocycles. The number of hydrogen-bond acceptors (Lipinski definition) is 3. The topological polar surface area (TPSA) is 66.4 Å². The van der Waals surface area contributed by atoms with Crippen LogP contribution in [0, 0.1) is 0 Å². The Morgan fingerprint density at radius 1 is 0.800 bits per heavy atom. The number of rotatable bonds is 14. The van der Waals surface area contributed by atoms with Crippen molar-refractivity contribution in [3.05, 3.63) is 0 Å². The van der Waals surface area contributed by atoms with Gasteiger partial charge >= 0.3 is 0 Å². The summed E-state index contributed by atoms with van der Waals surface area (Å²) in [5.74, 6) is -0.190. The largest absolute Gasteiger partial charge is 0.316 e. The summed E-state index contributed by atoms with van der Waals surface area (Å²) in [5, 5.41) is 3.03. The van der Waals surface area contributed by atoms with Crippen molar-refractivity contribution in [3.8, 4) is 0 Å². The van der Waals surface area contributed by atoms with E-state index in [9.17, 15) is 8.42 Å². The van der Waals surface area contributed by atoms with Gasteiger partial charge in [-0.3, -0.25) is 4.55 Å². The Hall–Kier alpha value is 0.870. The molecule has 2 N–H and O–H groups in total. The van der Waals surface area contributed by atoms with Crippen molar-refractivity contribution in [1.29, 1.82) is 0 Å². The molecule has 0 heterocycles. The summed E-state index contributed by atoms with van der Waals surface area (Å²) in [7, 11) is -3.80. The molecule has 0 aliphatic carbocycles. The van der Waals surface area contributed by atoms with E-state index in [0.29, 0.717) is 6.54 Å². The second kappa shape index (κ2) is 16.2. The van der Waals surface area contributed by atoms with E-state index in [1.807, 2.05) is 0 Å². The molecule has 117 valence electrons. The van der Waals surface area contributed by atoms with Gasteiger partial charge in [-0.05, 0) is 13.0 Å². The molecule has 0 rings (SSSR count). The molecule has 0 spiro atoms. The molecule has 4 nitrogen and oxygen atoms in total. The zero-order valence-corrected chi connectivity index (χ0v) is 16.2. The average molecular weight is 316 g/mol. The molecule has 0 unspecified atom stereocenters. The molecule has 0 aliphatic heterocycles. The SMILES string of the molecule is CCCCCCCCCCCCNCCS(=O)(=O)O.[Na]. The first kappa shape index (κ1) is 23.1. The van der Waals surface area contributed by atoms with Crippen LogP contribution in [-0.4, -0.2) is 61.4 Å². The molecule has 20 heavy (non-hydrogen) atoms. The monoisotopic (exact) mass is 316 g/mol. The summed E-state index contributed by atoms with van der Waals surface area (Å²) in [5.41, 5.74) is 0. The minimum absolute atomic E-state index is 0. The van der Waals surface area contributed by atoms with Crippen LogP contribution in [0.15, 0.2) is 0 Å². The van der Waals surface area contributed by atoms with Crippen molar-refractivity contribution in [1.82, 2.24) is 5.32 Å². The first-order valence-corrected chi connectivity index (χ1v) is 9.33. The van der Waals surface area contributed by atoms with Crippen molar-refractivity contribution >= 4 is 39.7 Å². The van der Waals surface area contributed by atoms with Crippen molar-refractivity contribution in [2.75, 3.05) is 18.8 Å². The Labute approximate surface area is 147 Å². The summed E-state index contributed by atoms with van der Waals surface area (Å²) in [6.45, 7) is 3.42. The van der Waals surface area contributed by atoms with Crippen LogP contribution >= 0.6 is 0 Å². The summed E-state index contributed by atoms with van der Waals surface area (Å²) in [6.07, 6.45) is 13.0. The van der Waals surface area contributed by atoms with Crippen LogP contribution in [0.1, 0.15) is 71.1 Å². The number of hydrogen-bond donors (Lipinski definition) is 2. The van der Waals surface area contributed by atoms with Gasteiger partial charge in [0.2, 0.25) is 0 Å². The summed E-state index contributed by atoms with van der Waals surface area (Å²) < 4.78 is 29.4. The van der Waals surface area contributed by atoms with Crippen molar-refractivity contribution in [2.45, 2.75) is 71.1 Å². The predicted molar refractivity (Wildman–Crippen MR) is 86.9 cm³/mol. The van der Waals surface area contributed by atoms with E-state index in [1.165, 1.54) is 57.8 Å². The van der Waals surface area contributed by atoms with E-state index in [2.05, 4.69) is 12.2 Å². The van der Waals surface area contributed by atoms with Crippen molar-refractivity contribution < 1.29 is 13.0 Å². The van der Waals surface area contributed by atoms with Crippen molar-refractivity contribution in [3.63, 3.8) is 0 Å². The minimum atomic E-state index is -3.80. The van der Waals surface area contributed by atoms with Crippen molar-refractivity contribution in [2.24, 2.45) is 0 Å². The van der Waals surface area contributed by atoms with E-state index in [0.717, 1.165) is 13.0 Å². The fraction of sp³-hybridized carbons (Fsp3) is 1.00. The van der Waals surface area contributed by atoms with Crippen LogP contribution in [-0.2, 0) is 10.1 Å². The quantitative estimate of drug-likeness (QED) is 0.294. The standard InChI is InChI=1S/C14H31NO3S.Na/c1-2-3-4-5-6-7-8-9-10-11-12-15-13-14-19(16,17)18;/h15H,2-14H2,1H3,(H,16,17,18);. The number of nitrogens with one attached hydrogen (secondary N) is 1. The molecule has 0 amide bonds. The molecule has 0 aromatic rings. The fourth-order valence-corrected chi connectivity index (χ4v) is 2.47. The number of unbranched alkanes of at least 4 members (excludes halogenated alkanes) is 9. The summed E-state index contributed by atoms with van der Waals surface area (Å²) in [6, 6.07) is 0. The molecule has 6 heteroatoms. The predicted octanol–water partition coefficient (Wildman–Crippen LogP) is 3.00. The molecule has 0 bridgehead atoms. The van der Waals surface area contributed by atoms with Gasteiger partial charge < -0.3 is 5.32 Å². The normalized spacial score (nSPS) is 11.3. The van der Waals surface area contributed by atoms with Gasteiger partial charge in [0.05, 0.1) is 5.75 Å². The van der Waals surface area contributed by atoms with E-state index in [4.69, 9.17) is 4.55 Å². The molecule has 1 radical (unpaired) electrons. The van der Waals surface area contributed by atoms with Gasteiger partial charge in [-0.1, -0.05) is 64.7 Å². The first-order chi connectivity index (χ1) is 9.06. The van der Waals surface area contributed by atoms with Gasteiger partial charge in [0, 0.05) is 36.1 Å². The zero-order valence-electron chi connectivity index (χ0n) is 13.4.